The molecule has 0 radical (unpaired) electrons. The molecule has 5 amide bonds. The molecule has 0 aromatic rings. The van der Waals surface area contributed by atoms with Gasteiger partial charge >= 0.3 is 0 Å². The minimum atomic E-state index is -1.04. The molecule has 13 nitrogen and oxygen atoms in total. The molecule has 0 atom stereocenters. The summed E-state index contributed by atoms with van der Waals surface area (Å²) in [6.07, 6.45) is 17.4. The molecule has 7 N–H and O–H groups in total. The van der Waals surface area contributed by atoms with Crippen LogP contribution in [-0.2, 0) is 28.8 Å². The first-order valence-corrected chi connectivity index (χ1v) is 19.0. The molecule has 284 valence electrons. The van der Waals surface area contributed by atoms with Crippen LogP contribution in [-0.4, -0.2) is 74.8 Å². The van der Waals surface area contributed by atoms with Crippen LogP contribution in [0.5, 0.6) is 0 Å². The van der Waals surface area contributed by atoms with Crippen molar-refractivity contribution in [3.63, 3.8) is 0 Å². The number of unbranched alkanes of at least 4 members (excludes halogenated alkanes) is 12. The van der Waals surface area contributed by atoms with Gasteiger partial charge in [0.2, 0.25) is 29.5 Å². The van der Waals surface area contributed by atoms with Gasteiger partial charge in [0.15, 0.2) is 0 Å². The Morgan fingerprint density at radius 3 is 0.776 bits per heavy atom. The van der Waals surface area contributed by atoms with Crippen LogP contribution in [0.15, 0.2) is 0 Å². The molecule has 0 saturated heterocycles. The number of hydrogen-bond donors (Lipinski definition) is 6. The smallest absolute Gasteiger partial charge is 0.219 e. The molecule has 0 rings (SSSR count). The first kappa shape index (κ1) is 45.8. The number of carbonyl (C=O) groups is 6. The molecule has 0 aliphatic heterocycles. The largest absolute Gasteiger partial charge is 0.550 e. The van der Waals surface area contributed by atoms with Crippen molar-refractivity contribution in [1.29, 1.82) is 0 Å². The van der Waals surface area contributed by atoms with Crippen molar-refractivity contribution in [2.24, 2.45) is 5.73 Å². The summed E-state index contributed by atoms with van der Waals surface area (Å²) < 4.78 is 0. The summed E-state index contributed by atoms with van der Waals surface area (Å²) in [5.41, 5.74) is 5.45. The average Bonchev–Trinajstić information content (AvgIpc) is 3.07. The van der Waals surface area contributed by atoms with Gasteiger partial charge in [-0.05, 0) is 90.0 Å². The number of amides is 5. The van der Waals surface area contributed by atoms with E-state index in [1.165, 1.54) is 0 Å². The summed E-state index contributed by atoms with van der Waals surface area (Å²) >= 11 is 0. The van der Waals surface area contributed by atoms with E-state index in [9.17, 15) is 33.9 Å². The fraction of sp³-hybridized carbons (Fsp3) is 0.833. The normalized spacial score (nSPS) is 10.7. The predicted octanol–water partition coefficient (Wildman–Crippen LogP) is 2.64. The fourth-order valence-corrected chi connectivity index (χ4v) is 5.11. The van der Waals surface area contributed by atoms with E-state index in [2.05, 4.69) is 26.6 Å². The Labute approximate surface area is 294 Å². The first-order valence-electron chi connectivity index (χ1n) is 19.0. The van der Waals surface area contributed by atoms with Gasteiger partial charge < -0.3 is 42.2 Å². The highest BCUT2D eigenvalue weighted by Crippen LogP contribution is 2.04. The van der Waals surface area contributed by atoms with E-state index < -0.39 is 5.97 Å². The van der Waals surface area contributed by atoms with E-state index in [0.717, 1.165) is 109 Å². The van der Waals surface area contributed by atoms with Crippen LogP contribution in [0.1, 0.15) is 154 Å². The summed E-state index contributed by atoms with van der Waals surface area (Å²) in [5.74, 6) is -0.838. The van der Waals surface area contributed by atoms with E-state index in [0.29, 0.717) is 77.8 Å². The molecule has 13 heteroatoms. The Morgan fingerprint density at radius 2 is 0.551 bits per heavy atom. The molecular formula is C36H67N6O7-. The van der Waals surface area contributed by atoms with Crippen molar-refractivity contribution in [3.05, 3.63) is 0 Å². The van der Waals surface area contributed by atoms with Crippen LogP contribution < -0.4 is 37.4 Å². The highest BCUT2D eigenvalue weighted by molar-refractivity contribution is 5.77. The van der Waals surface area contributed by atoms with Gasteiger partial charge in [-0.25, -0.2) is 0 Å². The topological polar surface area (TPSA) is 212 Å². The molecule has 0 spiro atoms. The molecule has 0 saturated carbocycles. The van der Waals surface area contributed by atoms with Gasteiger partial charge in [-0.1, -0.05) is 38.5 Å². The lowest BCUT2D eigenvalue weighted by Crippen LogP contribution is -2.26. The van der Waals surface area contributed by atoms with Crippen LogP contribution >= 0.6 is 0 Å². The van der Waals surface area contributed by atoms with Gasteiger partial charge in [-0.15, -0.1) is 0 Å². The van der Waals surface area contributed by atoms with E-state index in [1.807, 2.05) is 0 Å². The monoisotopic (exact) mass is 696 g/mol. The maximum Gasteiger partial charge on any atom is 0.219 e. The zero-order chi connectivity index (χ0) is 36.2. The number of carboxylic acids is 1. The van der Waals surface area contributed by atoms with Gasteiger partial charge in [-0.3, -0.25) is 24.0 Å². The maximum atomic E-state index is 12.0. The standard InChI is InChI=1S/C36H68N6O7/c37-25-13-1-7-19-31(43)38-26-14-2-8-20-32(44)39-27-15-3-9-21-33(45)40-28-16-4-10-22-34(46)41-29-17-5-11-23-35(47)42-30-18-6-12-24-36(48)49/h1-30,37H2,(H,38,43)(H,39,44)(H,40,45)(H,41,46)(H,42,47)(H,48,49)/p-1. The van der Waals surface area contributed by atoms with Crippen molar-refractivity contribution in [2.45, 2.75) is 154 Å². The third kappa shape index (κ3) is 35.9. The Bertz CT molecular complexity index is 903. The first-order chi connectivity index (χ1) is 23.7. The van der Waals surface area contributed by atoms with Crippen molar-refractivity contribution < 1.29 is 33.9 Å². The number of nitrogens with two attached hydrogens (primary N) is 1. The van der Waals surface area contributed by atoms with Gasteiger partial charge in [0.1, 0.15) is 0 Å². The van der Waals surface area contributed by atoms with Crippen molar-refractivity contribution in [2.75, 3.05) is 39.3 Å². The van der Waals surface area contributed by atoms with Crippen LogP contribution in [0.2, 0.25) is 0 Å². The molecule has 49 heavy (non-hydrogen) atoms. The summed E-state index contributed by atoms with van der Waals surface area (Å²) in [7, 11) is 0. The van der Waals surface area contributed by atoms with Gasteiger partial charge in [0.05, 0.1) is 0 Å². The zero-order valence-electron chi connectivity index (χ0n) is 30.1. The second-order valence-electron chi connectivity index (χ2n) is 12.8. The number of nitrogens with one attached hydrogen (secondary N) is 5. The predicted molar refractivity (Wildman–Crippen MR) is 190 cm³/mol. The molecular weight excluding hydrogens is 628 g/mol. The zero-order valence-corrected chi connectivity index (χ0v) is 30.1. The summed E-state index contributed by atoms with van der Waals surface area (Å²) in [4.78, 5) is 69.9. The average molecular weight is 696 g/mol. The van der Waals surface area contributed by atoms with Crippen LogP contribution in [0.4, 0.5) is 0 Å². The van der Waals surface area contributed by atoms with Crippen LogP contribution in [0, 0.1) is 0 Å². The summed E-state index contributed by atoms with van der Waals surface area (Å²) in [6.45, 7) is 3.70. The van der Waals surface area contributed by atoms with Crippen LogP contribution in [0.3, 0.4) is 0 Å². The van der Waals surface area contributed by atoms with E-state index in [1.54, 1.807) is 0 Å². The summed E-state index contributed by atoms with van der Waals surface area (Å²) in [6, 6.07) is 0. The number of rotatable bonds is 35. The second kappa shape index (κ2) is 34.6. The van der Waals surface area contributed by atoms with E-state index in [4.69, 9.17) is 5.73 Å². The maximum absolute atomic E-state index is 12.0. The Morgan fingerprint density at radius 1 is 0.327 bits per heavy atom. The van der Waals surface area contributed by atoms with Crippen molar-refractivity contribution >= 4 is 35.5 Å². The second-order valence-corrected chi connectivity index (χ2v) is 12.8. The molecule has 0 aliphatic rings. The third-order valence-corrected chi connectivity index (χ3v) is 8.10. The van der Waals surface area contributed by atoms with Crippen molar-refractivity contribution in [3.8, 4) is 0 Å². The van der Waals surface area contributed by atoms with E-state index >= 15 is 0 Å². The lowest BCUT2D eigenvalue weighted by Gasteiger charge is -2.08. The SMILES string of the molecule is NCCCCCC(=O)NCCCCCC(=O)NCCCCCC(=O)NCCCCCC(=O)NCCCCCC(=O)NCCCCCC(=O)[O-]. The van der Waals surface area contributed by atoms with Gasteiger partial charge in [0.25, 0.3) is 0 Å². The highest BCUT2D eigenvalue weighted by Gasteiger charge is 2.06. The molecule has 0 fully saturated rings. The summed E-state index contributed by atoms with van der Waals surface area (Å²) in [5, 5.41) is 24.9. The Kier molecular flexibility index (Phi) is 32.4. The molecule has 0 aliphatic carbocycles. The van der Waals surface area contributed by atoms with Crippen molar-refractivity contribution in [1.82, 2.24) is 26.6 Å². The quantitative estimate of drug-likeness (QED) is 0.0541. The molecule has 0 bridgehead atoms. The minimum Gasteiger partial charge on any atom is -0.550 e. The lowest BCUT2D eigenvalue weighted by atomic mass is 10.1. The third-order valence-electron chi connectivity index (χ3n) is 8.10. The molecule has 0 aromatic heterocycles. The number of carboxylic acid groups (broad SMARTS) is 1. The highest BCUT2D eigenvalue weighted by atomic mass is 16.4. The number of aliphatic carboxylic acids is 1. The minimum absolute atomic E-state index is 0.00207. The van der Waals surface area contributed by atoms with Crippen LogP contribution in [0.25, 0.3) is 0 Å². The Hall–Kier alpha value is -3.22. The number of carbonyl (C=O) groups excluding carboxylic acids is 6. The molecule has 0 unspecified atom stereocenters. The van der Waals surface area contributed by atoms with Gasteiger partial charge in [0, 0.05) is 70.8 Å². The lowest BCUT2D eigenvalue weighted by molar-refractivity contribution is -0.305. The Balaban J connectivity index is 3.45. The van der Waals surface area contributed by atoms with E-state index in [-0.39, 0.29) is 36.0 Å². The fourth-order valence-electron chi connectivity index (χ4n) is 5.11. The molecule has 0 heterocycles. The number of hydrogen-bond acceptors (Lipinski definition) is 8. The molecule has 0 aromatic carbocycles. The van der Waals surface area contributed by atoms with Gasteiger partial charge in [-0.2, -0.15) is 0 Å².